The molecule has 0 radical (unpaired) electrons. The van der Waals surface area contributed by atoms with Gasteiger partial charge in [-0.25, -0.2) is 0 Å². The Morgan fingerprint density at radius 1 is 1.18 bits per heavy atom. The molecular formula is C15H17ClO. The molecule has 0 amide bonds. The Bertz CT molecular complexity index is 393. The zero-order chi connectivity index (χ0) is 11.9. The van der Waals surface area contributed by atoms with Gasteiger partial charge < -0.3 is 4.74 Å². The zero-order valence-corrected chi connectivity index (χ0v) is 10.7. The molecule has 0 N–H and O–H groups in total. The van der Waals surface area contributed by atoms with Gasteiger partial charge in [-0.3, -0.25) is 0 Å². The lowest BCUT2D eigenvalue weighted by atomic mass is 10.2. The Balaban J connectivity index is 1.91. The fourth-order valence-corrected chi connectivity index (χ4v) is 2.12. The molecule has 2 rings (SSSR count). The predicted molar refractivity (Wildman–Crippen MR) is 71.5 cm³/mol. The minimum atomic E-state index is 0.420. The summed E-state index contributed by atoms with van der Waals surface area (Å²) in [6, 6.07) is 8.02. The van der Waals surface area contributed by atoms with Crippen molar-refractivity contribution in [3.63, 3.8) is 0 Å². The Kier molecular flexibility index (Phi) is 4.76. The molecule has 1 aromatic carbocycles. The van der Waals surface area contributed by atoms with Gasteiger partial charge in [0.15, 0.2) is 0 Å². The lowest BCUT2D eigenvalue weighted by Crippen LogP contribution is -2.10. The zero-order valence-electron chi connectivity index (χ0n) is 9.92. The van der Waals surface area contributed by atoms with E-state index < -0.39 is 0 Å². The van der Waals surface area contributed by atoms with Gasteiger partial charge in [0.2, 0.25) is 0 Å². The fraction of sp³-hybridized carbons (Fsp3) is 0.467. The van der Waals surface area contributed by atoms with Gasteiger partial charge in [-0.2, -0.15) is 0 Å². The highest BCUT2D eigenvalue weighted by molar-refractivity contribution is 6.18. The van der Waals surface area contributed by atoms with Gasteiger partial charge in [0.05, 0.1) is 6.10 Å². The first-order valence-corrected chi connectivity index (χ1v) is 6.73. The molecule has 0 spiro atoms. The molecule has 1 aliphatic rings. The molecule has 0 aliphatic heterocycles. The van der Waals surface area contributed by atoms with E-state index in [0.29, 0.717) is 12.0 Å². The summed E-state index contributed by atoms with van der Waals surface area (Å²) in [5, 5.41) is 0. The number of hydrogen-bond donors (Lipinski definition) is 0. The van der Waals surface area contributed by atoms with Crippen LogP contribution in [0.15, 0.2) is 24.3 Å². The second kappa shape index (κ2) is 6.57. The molecule has 0 saturated heterocycles. The Morgan fingerprint density at radius 3 is 2.53 bits per heavy atom. The first-order valence-electron chi connectivity index (χ1n) is 6.20. The molecule has 2 heteroatoms. The van der Waals surface area contributed by atoms with Gasteiger partial charge in [-0.05, 0) is 49.9 Å². The van der Waals surface area contributed by atoms with E-state index in [0.717, 1.165) is 17.7 Å². The summed E-state index contributed by atoms with van der Waals surface area (Å²) >= 11 is 5.57. The number of benzene rings is 1. The van der Waals surface area contributed by atoms with E-state index in [1.54, 1.807) is 0 Å². The Morgan fingerprint density at radius 2 is 1.88 bits per heavy atom. The van der Waals surface area contributed by atoms with Crippen LogP contribution in [-0.4, -0.2) is 12.0 Å². The molecule has 1 nitrogen and oxygen atoms in total. The molecule has 0 aromatic heterocycles. The molecule has 1 aliphatic carbocycles. The van der Waals surface area contributed by atoms with Crippen molar-refractivity contribution in [1.29, 1.82) is 0 Å². The lowest BCUT2D eigenvalue weighted by molar-refractivity contribution is 0.210. The molecular weight excluding hydrogens is 232 g/mol. The van der Waals surface area contributed by atoms with Crippen LogP contribution in [0.2, 0.25) is 0 Å². The topological polar surface area (TPSA) is 9.23 Å². The number of halogens is 1. The summed E-state index contributed by atoms with van der Waals surface area (Å²) in [6.07, 6.45) is 6.14. The van der Waals surface area contributed by atoms with Crippen molar-refractivity contribution in [3.8, 4) is 17.6 Å². The molecule has 1 saturated carbocycles. The Hall–Kier alpha value is -1.13. The second-order valence-electron chi connectivity index (χ2n) is 4.29. The summed E-state index contributed by atoms with van der Waals surface area (Å²) in [7, 11) is 0. The average Bonchev–Trinajstić information content (AvgIpc) is 2.85. The van der Waals surface area contributed by atoms with E-state index >= 15 is 0 Å². The van der Waals surface area contributed by atoms with E-state index in [4.69, 9.17) is 16.3 Å². The fourth-order valence-electron chi connectivity index (χ4n) is 2.03. The van der Waals surface area contributed by atoms with Crippen LogP contribution >= 0.6 is 11.6 Å². The van der Waals surface area contributed by atoms with Crippen LogP contribution in [-0.2, 0) is 0 Å². The highest BCUT2D eigenvalue weighted by Crippen LogP contribution is 2.24. The molecule has 1 fully saturated rings. The number of ether oxygens (including phenoxy) is 1. The van der Waals surface area contributed by atoms with Gasteiger partial charge >= 0.3 is 0 Å². The summed E-state index contributed by atoms with van der Waals surface area (Å²) in [4.78, 5) is 0. The highest BCUT2D eigenvalue weighted by Gasteiger charge is 2.15. The molecule has 90 valence electrons. The molecule has 17 heavy (non-hydrogen) atoms. The van der Waals surface area contributed by atoms with E-state index in [2.05, 4.69) is 11.8 Å². The maximum atomic E-state index is 5.89. The summed E-state index contributed by atoms with van der Waals surface area (Å²) in [5.41, 5.74) is 1.02. The van der Waals surface area contributed by atoms with E-state index in [1.165, 1.54) is 25.7 Å². The summed E-state index contributed by atoms with van der Waals surface area (Å²) in [5.74, 6) is 7.65. The van der Waals surface area contributed by atoms with Crippen molar-refractivity contribution in [2.75, 3.05) is 5.88 Å². The van der Waals surface area contributed by atoms with E-state index in [-0.39, 0.29) is 0 Å². The lowest BCUT2D eigenvalue weighted by Gasteiger charge is -2.12. The third-order valence-electron chi connectivity index (χ3n) is 2.91. The van der Waals surface area contributed by atoms with Crippen LogP contribution in [0.5, 0.6) is 5.75 Å². The molecule has 0 unspecified atom stereocenters. The van der Waals surface area contributed by atoms with Crippen LogP contribution in [0.25, 0.3) is 0 Å². The third kappa shape index (κ3) is 3.98. The summed E-state index contributed by atoms with van der Waals surface area (Å²) in [6.45, 7) is 0. The van der Waals surface area contributed by atoms with E-state index in [1.807, 2.05) is 24.3 Å². The first-order chi connectivity index (χ1) is 8.38. The van der Waals surface area contributed by atoms with Crippen molar-refractivity contribution >= 4 is 11.6 Å². The van der Waals surface area contributed by atoms with Crippen molar-refractivity contribution in [2.45, 2.75) is 38.2 Å². The average molecular weight is 249 g/mol. The van der Waals surface area contributed by atoms with Crippen molar-refractivity contribution in [2.24, 2.45) is 0 Å². The second-order valence-corrected chi connectivity index (χ2v) is 4.67. The molecule has 0 atom stereocenters. The van der Waals surface area contributed by atoms with Gasteiger partial charge in [-0.1, -0.05) is 11.8 Å². The van der Waals surface area contributed by atoms with Crippen LogP contribution in [0.1, 0.15) is 37.7 Å². The van der Waals surface area contributed by atoms with Crippen LogP contribution < -0.4 is 4.74 Å². The minimum Gasteiger partial charge on any atom is -0.490 e. The largest absolute Gasteiger partial charge is 0.490 e. The Labute approximate surface area is 108 Å². The first kappa shape index (κ1) is 12.3. The van der Waals surface area contributed by atoms with Crippen molar-refractivity contribution in [1.82, 2.24) is 0 Å². The standard InChI is InChI=1S/C15H17ClO/c16-12-4-3-5-13-8-10-15(11-9-13)17-14-6-1-2-7-14/h8-11,14H,1-2,4,6-7,12H2. The van der Waals surface area contributed by atoms with Gasteiger partial charge in [0.25, 0.3) is 0 Å². The summed E-state index contributed by atoms with van der Waals surface area (Å²) < 4.78 is 5.89. The quantitative estimate of drug-likeness (QED) is 0.581. The number of alkyl halides is 1. The van der Waals surface area contributed by atoms with Gasteiger partial charge in [0.1, 0.15) is 5.75 Å². The normalized spacial score (nSPS) is 15.4. The van der Waals surface area contributed by atoms with Crippen molar-refractivity contribution < 1.29 is 4.74 Å². The van der Waals surface area contributed by atoms with Gasteiger partial charge in [-0.15, -0.1) is 11.6 Å². The highest BCUT2D eigenvalue weighted by atomic mass is 35.5. The SMILES string of the molecule is ClCCC#Cc1ccc(OC2CCCC2)cc1. The molecule has 0 heterocycles. The van der Waals surface area contributed by atoms with Crippen LogP contribution in [0.4, 0.5) is 0 Å². The maximum Gasteiger partial charge on any atom is 0.119 e. The maximum absolute atomic E-state index is 5.89. The number of rotatable bonds is 3. The molecule has 1 aromatic rings. The van der Waals surface area contributed by atoms with Crippen molar-refractivity contribution in [3.05, 3.63) is 29.8 Å². The third-order valence-corrected chi connectivity index (χ3v) is 3.10. The number of hydrogen-bond acceptors (Lipinski definition) is 1. The van der Waals surface area contributed by atoms with Crippen LogP contribution in [0.3, 0.4) is 0 Å². The smallest absolute Gasteiger partial charge is 0.119 e. The molecule has 0 bridgehead atoms. The predicted octanol–water partition coefficient (Wildman–Crippen LogP) is 3.99. The minimum absolute atomic E-state index is 0.420. The van der Waals surface area contributed by atoms with Crippen LogP contribution in [0, 0.1) is 11.8 Å². The monoisotopic (exact) mass is 248 g/mol. The van der Waals surface area contributed by atoms with E-state index in [9.17, 15) is 0 Å². The van der Waals surface area contributed by atoms with Gasteiger partial charge in [0, 0.05) is 17.9 Å².